The number of hydrogen-bond donors (Lipinski definition) is 0. The quantitative estimate of drug-likeness (QED) is 0.236. The topological polar surface area (TPSA) is 34.1 Å². The first-order chi connectivity index (χ1) is 14.1. The summed E-state index contributed by atoms with van der Waals surface area (Å²) in [5, 5.41) is 0. The van der Waals surface area contributed by atoms with Crippen LogP contribution in [-0.2, 0) is 4.79 Å². The van der Waals surface area contributed by atoms with E-state index in [1.54, 1.807) is 6.08 Å². The number of ketones is 2. The molecule has 2 heteroatoms. The Kier molecular flexibility index (Phi) is 9.52. The third kappa shape index (κ3) is 8.98. The first kappa shape index (κ1) is 24.6. The van der Waals surface area contributed by atoms with Crippen molar-refractivity contribution in [3.8, 4) is 0 Å². The summed E-state index contributed by atoms with van der Waals surface area (Å²) < 4.78 is 0. The van der Waals surface area contributed by atoms with E-state index in [2.05, 4.69) is 33.8 Å². The van der Waals surface area contributed by atoms with Gasteiger partial charge in [0.1, 0.15) is 0 Å². The molecule has 2 atom stereocenters. The van der Waals surface area contributed by atoms with Gasteiger partial charge in [0, 0.05) is 18.4 Å². The van der Waals surface area contributed by atoms with Gasteiger partial charge in [0.2, 0.25) is 0 Å². The van der Waals surface area contributed by atoms with E-state index < -0.39 is 0 Å². The fourth-order valence-electron chi connectivity index (χ4n) is 4.62. The molecule has 1 aromatic carbocycles. The van der Waals surface area contributed by atoms with Crippen LogP contribution >= 0.6 is 0 Å². The third-order valence-corrected chi connectivity index (χ3v) is 6.47. The Morgan fingerprint density at radius 3 is 2.27 bits per heavy atom. The lowest BCUT2D eigenvalue weighted by molar-refractivity contribution is -0.114. The summed E-state index contributed by atoms with van der Waals surface area (Å²) in [6.07, 6.45) is 14.7. The minimum Gasteiger partial charge on any atom is -0.295 e. The molecule has 0 radical (unpaired) electrons. The molecular formula is C28H42O2. The molecule has 1 saturated carbocycles. The molecule has 0 saturated heterocycles. The Labute approximate surface area is 184 Å². The predicted octanol–water partition coefficient (Wildman–Crippen LogP) is 7.80. The molecular weight excluding hydrogens is 368 g/mol. The van der Waals surface area contributed by atoms with Gasteiger partial charge >= 0.3 is 0 Å². The van der Waals surface area contributed by atoms with Gasteiger partial charge in [0.15, 0.2) is 11.6 Å². The Morgan fingerprint density at radius 1 is 0.967 bits per heavy atom. The molecule has 0 heterocycles. The molecule has 1 aromatic rings. The van der Waals surface area contributed by atoms with Crippen molar-refractivity contribution in [3.05, 3.63) is 47.0 Å². The van der Waals surface area contributed by atoms with Gasteiger partial charge in [0.25, 0.3) is 0 Å². The van der Waals surface area contributed by atoms with Crippen molar-refractivity contribution < 1.29 is 9.59 Å². The van der Waals surface area contributed by atoms with E-state index in [0.717, 1.165) is 29.9 Å². The second-order valence-corrected chi connectivity index (χ2v) is 10.6. The second-order valence-electron chi connectivity index (χ2n) is 10.6. The predicted molar refractivity (Wildman–Crippen MR) is 127 cm³/mol. The maximum absolute atomic E-state index is 12.7. The molecule has 0 aromatic heterocycles. The highest BCUT2D eigenvalue weighted by Crippen LogP contribution is 2.33. The lowest BCUT2D eigenvalue weighted by Gasteiger charge is -2.15. The highest BCUT2D eigenvalue weighted by atomic mass is 16.1. The standard InChI is InChI=1S/C28H42O2/c1-21-12-16-26(22(2)20-21)27(30)17-15-24-9-6-8-23(13-14-24)10-7-11-25(29)18-19-28(3,4)5/h12,16,18-20,23-24H,6-11,13-15,17H2,1-5H3/b19-18-. The van der Waals surface area contributed by atoms with E-state index in [4.69, 9.17) is 0 Å². The van der Waals surface area contributed by atoms with E-state index in [0.29, 0.717) is 24.5 Å². The number of aryl methyl sites for hydroxylation is 2. The second kappa shape index (κ2) is 11.6. The summed E-state index contributed by atoms with van der Waals surface area (Å²) in [6, 6.07) is 6.14. The van der Waals surface area contributed by atoms with Crippen LogP contribution in [-0.4, -0.2) is 11.6 Å². The fraction of sp³-hybridized carbons (Fsp3) is 0.643. The number of carbonyl (C=O) groups excluding carboxylic acids is 2. The van der Waals surface area contributed by atoms with Crippen molar-refractivity contribution in [2.75, 3.05) is 0 Å². The van der Waals surface area contributed by atoms with Crippen molar-refractivity contribution in [2.45, 2.75) is 98.8 Å². The molecule has 0 amide bonds. The highest BCUT2D eigenvalue weighted by Gasteiger charge is 2.20. The Morgan fingerprint density at radius 2 is 1.63 bits per heavy atom. The largest absolute Gasteiger partial charge is 0.295 e. The SMILES string of the molecule is Cc1ccc(C(=O)CCC2CCCC(CCCC(=O)/C=C\C(C)(C)C)CC2)c(C)c1. The summed E-state index contributed by atoms with van der Waals surface area (Å²) in [4.78, 5) is 24.7. The van der Waals surface area contributed by atoms with Crippen molar-refractivity contribution in [2.24, 2.45) is 17.3 Å². The molecule has 0 aliphatic heterocycles. The van der Waals surface area contributed by atoms with Crippen LogP contribution in [0.1, 0.15) is 106 Å². The number of Topliss-reactive ketones (excluding diaryl/α,β-unsaturated/α-hetero) is 1. The van der Waals surface area contributed by atoms with Gasteiger partial charge < -0.3 is 0 Å². The maximum atomic E-state index is 12.7. The number of benzene rings is 1. The zero-order chi connectivity index (χ0) is 22.1. The zero-order valence-electron chi connectivity index (χ0n) is 19.9. The Balaban J connectivity index is 1.70. The minimum absolute atomic E-state index is 0.0749. The lowest BCUT2D eigenvalue weighted by atomic mass is 9.90. The van der Waals surface area contributed by atoms with E-state index in [9.17, 15) is 9.59 Å². The molecule has 2 unspecified atom stereocenters. The van der Waals surface area contributed by atoms with E-state index in [-0.39, 0.29) is 11.2 Å². The molecule has 30 heavy (non-hydrogen) atoms. The number of rotatable bonds is 9. The van der Waals surface area contributed by atoms with Crippen LogP contribution in [0.3, 0.4) is 0 Å². The van der Waals surface area contributed by atoms with Crippen LogP contribution < -0.4 is 0 Å². The summed E-state index contributed by atoms with van der Waals surface area (Å²) in [6.45, 7) is 10.5. The van der Waals surface area contributed by atoms with Gasteiger partial charge in [-0.2, -0.15) is 0 Å². The van der Waals surface area contributed by atoms with E-state index in [1.165, 1.54) is 44.1 Å². The first-order valence-corrected chi connectivity index (χ1v) is 12.0. The minimum atomic E-state index is 0.0749. The molecule has 1 fully saturated rings. The molecule has 166 valence electrons. The molecule has 0 bridgehead atoms. The van der Waals surface area contributed by atoms with Gasteiger partial charge in [-0.25, -0.2) is 0 Å². The fourth-order valence-corrected chi connectivity index (χ4v) is 4.62. The number of hydrogen-bond acceptors (Lipinski definition) is 2. The van der Waals surface area contributed by atoms with E-state index >= 15 is 0 Å². The van der Waals surface area contributed by atoms with Gasteiger partial charge in [-0.3, -0.25) is 9.59 Å². The molecule has 1 aliphatic carbocycles. The van der Waals surface area contributed by atoms with Gasteiger partial charge in [-0.1, -0.05) is 89.1 Å². The molecule has 1 aliphatic rings. The molecule has 2 rings (SSSR count). The van der Waals surface area contributed by atoms with Gasteiger partial charge in [0.05, 0.1) is 0 Å². The van der Waals surface area contributed by atoms with Crippen molar-refractivity contribution in [1.82, 2.24) is 0 Å². The van der Waals surface area contributed by atoms with Crippen molar-refractivity contribution in [3.63, 3.8) is 0 Å². The van der Waals surface area contributed by atoms with Crippen molar-refractivity contribution in [1.29, 1.82) is 0 Å². The third-order valence-electron chi connectivity index (χ3n) is 6.47. The van der Waals surface area contributed by atoms with Crippen LogP contribution in [0.2, 0.25) is 0 Å². The first-order valence-electron chi connectivity index (χ1n) is 12.0. The van der Waals surface area contributed by atoms with Crippen LogP contribution in [0.5, 0.6) is 0 Å². The van der Waals surface area contributed by atoms with Crippen LogP contribution in [0.15, 0.2) is 30.4 Å². The smallest absolute Gasteiger partial charge is 0.163 e. The molecule has 2 nitrogen and oxygen atoms in total. The summed E-state index contributed by atoms with van der Waals surface area (Å²) in [5.41, 5.74) is 3.29. The van der Waals surface area contributed by atoms with Crippen molar-refractivity contribution >= 4 is 11.6 Å². The molecule has 0 spiro atoms. The van der Waals surface area contributed by atoms with Gasteiger partial charge in [-0.15, -0.1) is 0 Å². The van der Waals surface area contributed by atoms with Crippen LogP contribution in [0, 0.1) is 31.1 Å². The monoisotopic (exact) mass is 410 g/mol. The number of allylic oxidation sites excluding steroid dienone is 2. The number of carbonyl (C=O) groups is 2. The summed E-state index contributed by atoms with van der Waals surface area (Å²) >= 11 is 0. The van der Waals surface area contributed by atoms with Crippen LogP contribution in [0.4, 0.5) is 0 Å². The Bertz CT molecular complexity index is 735. The average Bonchev–Trinajstić information content (AvgIpc) is 2.89. The average molecular weight is 411 g/mol. The van der Waals surface area contributed by atoms with Gasteiger partial charge in [-0.05, 0) is 55.6 Å². The maximum Gasteiger partial charge on any atom is 0.163 e. The summed E-state index contributed by atoms with van der Waals surface area (Å²) in [5.74, 6) is 2.00. The van der Waals surface area contributed by atoms with Crippen LogP contribution in [0.25, 0.3) is 0 Å². The zero-order valence-corrected chi connectivity index (χ0v) is 19.9. The summed E-state index contributed by atoms with van der Waals surface area (Å²) in [7, 11) is 0. The van der Waals surface area contributed by atoms with E-state index in [1.807, 2.05) is 25.1 Å². The Hall–Kier alpha value is -1.70. The highest BCUT2D eigenvalue weighted by molar-refractivity contribution is 5.97. The normalized spacial score (nSPS) is 20.3. The lowest BCUT2D eigenvalue weighted by Crippen LogP contribution is -2.07. The molecule has 0 N–H and O–H groups in total.